The lowest BCUT2D eigenvalue weighted by Crippen LogP contribution is -2.01. The summed E-state index contributed by atoms with van der Waals surface area (Å²) in [5.41, 5.74) is 5.34. The van der Waals surface area contributed by atoms with Crippen LogP contribution in [0.25, 0.3) is 0 Å². The summed E-state index contributed by atoms with van der Waals surface area (Å²) in [6, 6.07) is 11.7. The van der Waals surface area contributed by atoms with Crippen LogP contribution in [0.5, 0.6) is 0 Å². The zero-order chi connectivity index (χ0) is 18.5. The molecule has 0 atom stereocenters. The Morgan fingerprint density at radius 2 is 1.25 bits per heavy atom. The van der Waals surface area contributed by atoms with E-state index in [4.69, 9.17) is 5.73 Å². The first-order chi connectivity index (χ1) is 10.9. The maximum atomic E-state index is 11.1. The predicted molar refractivity (Wildman–Crippen MR) is 90.2 cm³/mol. The van der Waals surface area contributed by atoms with Gasteiger partial charge in [-0.05, 0) is 18.2 Å². The van der Waals surface area contributed by atoms with Gasteiger partial charge in [-0.15, -0.1) is 0 Å². The highest BCUT2D eigenvalue weighted by Crippen LogP contribution is 2.22. The molecule has 0 aliphatic carbocycles. The monoisotopic (exact) mass is 372 g/mol. The van der Waals surface area contributed by atoms with Crippen molar-refractivity contribution in [2.75, 3.05) is 18.2 Å². The summed E-state index contributed by atoms with van der Waals surface area (Å²) in [6.07, 6.45) is 2.08. The van der Waals surface area contributed by atoms with Crippen LogP contribution >= 0.6 is 0 Å². The molecule has 10 heteroatoms. The van der Waals surface area contributed by atoms with Crippen molar-refractivity contribution >= 4 is 31.0 Å². The zero-order valence-electron chi connectivity index (χ0n) is 12.9. The number of nitrogens with zero attached hydrogens (tertiary/aromatic N) is 1. The Hall–Kier alpha value is -2.46. The van der Waals surface area contributed by atoms with Gasteiger partial charge in [-0.25, -0.2) is 16.8 Å². The Bertz CT molecular complexity index is 953. The van der Waals surface area contributed by atoms with Gasteiger partial charge in [0, 0.05) is 18.6 Å². The second-order valence-electron chi connectivity index (χ2n) is 4.81. The van der Waals surface area contributed by atoms with Gasteiger partial charge in [0.1, 0.15) is 4.90 Å². The molecule has 0 aromatic heterocycles. The van der Waals surface area contributed by atoms with Gasteiger partial charge in [0.25, 0.3) is 5.69 Å². The summed E-state index contributed by atoms with van der Waals surface area (Å²) in [5.74, 6) is 0. The Morgan fingerprint density at radius 1 is 0.833 bits per heavy atom. The van der Waals surface area contributed by atoms with Crippen LogP contribution in [0, 0.1) is 10.1 Å². The molecule has 8 nitrogen and oxygen atoms in total. The van der Waals surface area contributed by atoms with Crippen molar-refractivity contribution in [3.8, 4) is 0 Å². The number of benzene rings is 2. The first kappa shape index (κ1) is 19.6. The van der Waals surface area contributed by atoms with Gasteiger partial charge in [0.15, 0.2) is 19.7 Å². The van der Waals surface area contributed by atoms with Crippen LogP contribution < -0.4 is 5.73 Å². The minimum absolute atomic E-state index is 0.194. The average molecular weight is 372 g/mol. The number of nitrogen functional groups attached to an aromatic ring is 1. The normalized spacial score (nSPS) is 11.2. The smallest absolute Gasteiger partial charge is 0.287 e. The topological polar surface area (TPSA) is 137 Å². The van der Waals surface area contributed by atoms with Crippen molar-refractivity contribution in [3.63, 3.8) is 0 Å². The molecule has 0 saturated carbocycles. The second-order valence-corrected chi connectivity index (χ2v) is 8.78. The number of anilines is 1. The largest absolute Gasteiger partial charge is 0.398 e. The highest BCUT2D eigenvalue weighted by Gasteiger charge is 2.20. The van der Waals surface area contributed by atoms with E-state index in [0.29, 0.717) is 5.69 Å². The zero-order valence-corrected chi connectivity index (χ0v) is 14.5. The molecular weight excluding hydrogens is 356 g/mol. The molecule has 0 unspecified atom stereocenters. The second kappa shape index (κ2) is 7.41. The van der Waals surface area contributed by atoms with Crippen LogP contribution in [0.4, 0.5) is 11.4 Å². The van der Waals surface area contributed by atoms with E-state index < -0.39 is 24.6 Å². The van der Waals surface area contributed by atoms with Gasteiger partial charge in [0.2, 0.25) is 0 Å². The van der Waals surface area contributed by atoms with E-state index in [9.17, 15) is 26.9 Å². The van der Waals surface area contributed by atoms with E-state index in [0.717, 1.165) is 18.6 Å². The third-order valence-electron chi connectivity index (χ3n) is 2.78. The third kappa shape index (κ3) is 5.32. The Kier molecular flexibility index (Phi) is 6.04. The van der Waals surface area contributed by atoms with Crippen molar-refractivity contribution in [2.45, 2.75) is 9.79 Å². The summed E-state index contributed by atoms with van der Waals surface area (Å²) < 4.78 is 44.1. The van der Waals surface area contributed by atoms with Crippen molar-refractivity contribution in [2.24, 2.45) is 0 Å². The maximum absolute atomic E-state index is 11.1. The maximum Gasteiger partial charge on any atom is 0.287 e. The standard InChI is InChI=1S/C7H7NO4S.C7H9NO2S/c1-13(11,12)7-5-3-2-4-6(7)8(9)10;1-11(9,10)7-5-3-2-4-6(7)8/h2-5H,1H3;2-5H,8H2,1H3. The number of hydrogen-bond donors (Lipinski definition) is 1. The molecule has 2 aromatic carbocycles. The van der Waals surface area contributed by atoms with Gasteiger partial charge in [0.05, 0.1) is 15.5 Å². The summed E-state index contributed by atoms with van der Waals surface area (Å²) in [4.78, 5) is 9.64. The Morgan fingerprint density at radius 3 is 1.58 bits per heavy atom. The van der Waals surface area contributed by atoms with Crippen molar-refractivity contribution < 1.29 is 21.8 Å². The molecule has 24 heavy (non-hydrogen) atoms. The van der Waals surface area contributed by atoms with Crippen LogP contribution in [0.3, 0.4) is 0 Å². The van der Waals surface area contributed by atoms with Gasteiger partial charge in [-0.2, -0.15) is 0 Å². The number of nitrogens with two attached hydrogens (primary N) is 1. The fraction of sp³-hybridized carbons (Fsp3) is 0.143. The molecule has 2 aromatic rings. The molecule has 0 aliphatic rings. The van der Waals surface area contributed by atoms with E-state index in [2.05, 4.69) is 0 Å². The van der Waals surface area contributed by atoms with Crippen molar-refractivity contribution in [1.29, 1.82) is 0 Å². The van der Waals surface area contributed by atoms with Crippen LogP contribution in [0.1, 0.15) is 0 Å². The van der Waals surface area contributed by atoms with E-state index in [1.807, 2.05) is 0 Å². The number of rotatable bonds is 3. The predicted octanol–water partition coefficient (Wildman–Crippen LogP) is 1.67. The van der Waals surface area contributed by atoms with Gasteiger partial charge < -0.3 is 5.73 Å². The molecule has 2 N–H and O–H groups in total. The van der Waals surface area contributed by atoms with E-state index in [-0.39, 0.29) is 15.5 Å². The molecule has 0 amide bonds. The highest BCUT2D eigenvalue weighted by molar-refractivity contribution is 7.91. The molecule has 0 saturated heterocycles. The van der Waals surface area contributed by atoms with Crippen molar-refractivity contribution in [1.82, 2.24) is 0 Å². The first-order valence-corrected chi connectivity index (χ1v) is 10.2. The van der Waals surface area contributed by atoms with Gasteiger partial charge >= 0.3 is 0 Å². The fourth-order valence-electron chi connectivity index (χ4n) is 1.74. The first-order valence-electron chi connectivity index (χ1n) is 6.42. The van der Waals surface area contributed by atoms with Crippen LogP contribution in [-0.4, -0.2) is 34.3 Å². The van der Waals surface area contributed by atoms with Gasteiger partial charge in [-0.3, -0.25) is 10.1 Å². The van der Waals surface area contributed by atoms with Crippen LogP contribution in [-0.2, 0) is 19.7 Å². The van der Waals surface area contributed by atoms with E-state index in [1.54, 1.807) is 18.2 Å². The minimum atomic E-state index is -3.52. The fourth-order valence-corrected chi connectivity index (χ4v) is 3.41. The Labute approximate surface area is 139 Å². The lowest BCUT2D eigenvalue weighted by molar-refractivity contribution is -0.387. The third-order valence-corrected chi connectivity index (χ3v) is 5.09. The number of para-hydroxylation sites is 2. The molecule has 0 heterocycles. The number of sulfone groups is 2. The van der Waals surface area contributed by atoms with Gasteiger partial charge in [-0.1, -0.05) is 24.3 Å². The molecule has 0 aliphatic heterocycles. The molecule has 0 spiro atoms. The average Bonchev–Trinajstić information content (AvgIpc) is 2.46. The SMILES string of the molecule is CS(=O)(=O)c1ccccc1N.CS(=O)(=O)c1ccccc1[N+](=O)[O-]. The minimum Gasteiger partial charge on any atom is -0.398 e. The number of nitro groups is 1. The lowest BCUT2D eigenvalue weighted by Gasteiger charge is -2.00. The molecule has 0 radical (unpaired) electrons. The summed E-state index contributed by atoms with van der Waals surface area (Å²) >= 11 is 0. The summed E-state index contributed by atoms with van der Waals surface area (Å²) in [6.45, 7) is 0. The highest BCUT2D eigenvalue weighted by atomic mass is 32.2. The summed E-state index contributed by atoms with van der Waals surface area (Å²) in [7, 11) is -6.68. The van der Waals surface area contributed by atoms with Crippen LogP contribution in [0.2, 0.25) is 0 Å². The molecule has 0 fully saturated rings. The number of hydrogen-bond acceptors (Lipinski definition) is 7. The molecular formula is C14H16N2O6S2. The lowest BCUT2D eigenvalue weighted by atomic mass is 10.3. The van der Waals surface area contributed by atoms with E-state index in [1.165, 1.54) is 24.3 Å². The van der Waals surface area contributed by atoms with Crippen molar-refractivity contribution in [3.05, 3.63) is 58.6 Å². The number of nitro benzene ring substituents is 1. The van der Waals surface area contributed by atoms with Crippen LogP contribution in [0.15, 0.2) is 58.3 Å². The quantitative estimate of drug-likeness (QED) is 0.491. The molecule has 2 rings (SSSR count). The molecule has 0 bridgehead atoms. The molecule has 130 valence electrons. The summed E-state index contributed by atoms with van der Waals surface area (Å²) in [5, 5.41) is 10.4. The van der Waals surface area contributed by atoms with E-state index >= 15 is 0 Å². The Balaban J connectivity index is 0.000000243.